The standard InChI is InChI=1S/C12H20N2OS2/c1-12(2,3)14-7-9-6-13-11(17-9)10-8-16-5-4-15-10/h6,10,14H,4-5,7-8H2,1-3H3. The van der Waals surface area contributed by atoms with E-state index in [0.29, 0.717) is 0 Å². The van der Waals surface area contributed by atoms with Gasteiger partial charge >= 0.3 is 0 Å². The van der Waals surface area contributed by atoms with Crippen molar-refractivity contribution in [2.24, 2.45) is 0 Å². The molecular weight excluding hydrogens is 252 g/mol. The second kappa shape index (κ2) is 5.69. The van der Waals surface area contributed by atoms with Crippen LogP contribution < -0.4 is 5.32 Å². The molecule has 1 aliphatic rings. The molecule has 1 atom stereocenters. The first-order valence-electron chi connectivity index (χ1n) is 5.93. The fraction of sp³-hybridized carbons (Fsp3) is 0.750. The molecule has 1 N–H and O–H groups in total. The van der Waals surface area contributed by atoms with Crippen molar-refractivity contribution >= 4 is 23.1 Å². The quantitative estimate of drug-likeness (QED) is 0.917. The average Bonchev–Trinajstić information content (AvgIpc) is 2.75. The van der Waals surface area contributed by atoms with Crippen molar-refractivity contribution in [3.63, 3.8) is 0 Å². The van der Waals surface area contributed by atoms with Crippen LogP contribution in [0.25, 0.3) is 0 Å². The third kappa shape index (κ3) is 4.25. The summed E-state index contributed by atoms with van der Waals surface area (Å²) in [5.41, 5.74) is 0.154. The Hall–Kier alpha value is -0.100. The summed E-state index contributed by atoms with van der Waals surface area (Å²) >= 11 is 3.72. The first-order chi connectivity index (χ1) is 8.04. The maximum absolute atomic E-state index is 5.73. The molecule has 1 unspecified atom stereocenters. The van der Waals surface area contributed by atoms with E-state index in [9.17, 15) is 0 Å². The lowest BCUT2D eigenvalue weighted by molar-refractivity contribution is 0.0755. The predicted molar refractivity (Wildman–Crippen MR) is 74.7 cm³/mol. The number of aromatic nitrogens is 1. The third-order valence-electron chi connectivity index (χ3n) is 2.46. The SMILES string of the molecule is CC(C)(C)NCc1cnc(C2CSCCO2)s1. The van der Waals surface area contributed by atoms with E-state index >= 15 is 0 Å². The molecule has 0 amide bonds. The van der Waals surface area contributed by atoms with Crippen LogP contribution in [0.1, 0.15) is 36.8 Å². The van der Waals surface area contributed by atoms with Gasteiger partial charge in [-0.05, 0) is 20.8 Å². The molecule has 2 heterocycles. The van der Waals surface area contributed by atoms with E-state index in [0.717, 1.165) is 29.7 Å². The van der Waals surface area contributed by atoms with E-state index < -0.39 is 0 Å². The van der Waals surface area contributed by atoms with E-state index in [1.807, 2.05) is 18.0 Å². The van der Waals surface area contributed by atoms with E-state index in [1.165, 1.54) is 4.88 Å². The molecule has 0 bridgehead atoms. The largest absolute Gasteiger partial charge is 0.369 e. The summed E-state index contributed by atoms with van der Waals surface area (Å²) in [6, 6.07) is 0. The van der Waals surface area contributed by atoms with E-state index in [4.69, 9.17) is 4.74 Å². The monoisotopic (exact) mass is 272 g/mol. The highest BCUT2D eigenvalue weighted by Gasteiger charge is 2.20. The zero-order chi connectivity index (χ0) is 12.3. The summed E-state index contributed by atoms with van der Waals surface area (Å²) in [5.74, 6) is 2.15. The molecule has 1 aromatic heterocycles. The summed E-state index contributed by atoms with van der Waals surface area (Å²) < 4.78 is 5.73. The second-order valence-electron chi connectivity index (χ2n) is 5.20. The van der Waals surface area contributed by atoms with Crippen LogP contribution in [0.4, 0.5) is 0 Å². The van der Waals surface area contributed by atoms with Crippen LogP contribution in [-0.4, -0.2) is 28.6 Å². The molecule has 0 saturated carbocycles. The minimum Gasteiger partial charge on any atom is -0.369 e. The molecule has 96 valence electrons. The molecule has 1 saturated heterocycles. The summed E-state index contributed by atoms with van der Waals surface area (Å²) in [4.78, 5) is 5.77. The van der Waals surface area contributed by atoms with E-state index in [1.54, 1.807) is 11.3 Å². The minimum absolute atomic E-state index is 0.154. The number of rotatable bonds is 3. The van der Waals surface area contributed by atoms with Crippen LogP contribution in [0.3, 0.4) is 0 Å². The topological polar surface area (TPSA) is 34.2 Å². The molecule has 17 heavy (non-hydrogen) atoms. The lowest BCUT2D eigenvalue weighted by Crippen LogP contribution is -2.34. The van der Waals surface area contributed by atoms with Crippen LogP contribution >= 0.6 is 23.1 Å². The van der Waals surface area contributed by atoms with Gasteiger partial charge in [0, 0.05) is 34.7 Å². The van der Waals surface area contributed by atoms with Crippen molar-refractivity contribution in [3.05, 3.63) is 16.1 Å². The fourth-order valence-electron chi connectivity index (χ4n) is 1.54. The Kier molecular flexibility index (Phi) is 4.47. The Morgan fingerprint density at radius 3 is 3.00 bits per heavy atom. The molecule has 0 aliphatic carbocycles. The second-order valence-corrected chi connectivity index (χ2v) is 7.50. The van der Waals surface area contributed by atoms with Crippen molar-refractivity contribution in [3.8, 4) is 0 Å². The Morgan fingerprint density at radius 1 is 1.53 bits per heavy atom. The normalized spacial score (nSPS) is 21.7. The minimum atomic E-state index is 0.154. The zero-order valence-corrected chi connectivity index (χ0v) is 12.3. The molecular formula is C12H20N2OS2. The van der Waals surface area contributed by atoms with Crippen LogP contribution in [0.15, 0.2) is 6.20 Å². The summed E-state index contributed by atoms with van der Waals surface area (Å²) in [5, 5.41) is 4.61. The molecule has 5 heteroatoms. The smallest absolute Gasteiger partial charge is 0.123 e. The summed E-state index contributed by atoms with van der Waals surface area (Å²) in [7, 11) is 0. The molecule has 1 aromatic rings. The van der Waals surface area contributed by atoms with Gasteiger partial charge in [-0.3, -0.25) is 0 Å². The Balaban J connectivity index is 1.91. The van der Waals surface area contributed by atoms with Gasteiger partial charge in [0.25, 0.3) is 0 Å². The number of nitrogens with one attached hydrogen (secondary N) is 1. The molecule has 1 aliphatic heterocycles. The number of thioether (sulfide) groups is 1. The van der Waals surface area contributed by atoms with Crippen LogP contribution in [-0.2, 0) is 11.3 Å². The molecule has 1 fully saturated rings. The van der Waals surface area contributed by atoms with Crippen molar-refractivity contribution in [2.45, 2.75) is 39.0 Å². The van der Waals surface area contributed by atoms with Gasteiger partial charge in [-0.1, -0.05) is 0 Å². The summed E-state index contributed by atoms with van der Waals surface area (Å²) in [6.45, 7) is 8.27. The first kappa shape index (κ1) is 13.3. The van der Waals surface area contributed by atoms with Gasteiger partial charge in [0.05, 0.1) is 6.61 Å². The number of hydrogen-bond acceptors (Lipinski definition) is 5. The highest BCUT2D eigenvalue weighted by Crippen LogP contribution is 2.29. The van der Waals surface area contributed by atoms with Crippen molar-refractivity contribution in [1.29, 1.82) is 0 Å². The molecule has 0 radical (unpaired) electrons. The zero-order valence-electron chi connectivity index (χ0n) is 10.7. The molecule has 0 aromatic carbocycles. The maximum atomic E-state index is 5.73. The first-order valence-corrected chi connectivity index (χ1v) is 7.91. The van der Waals surface area contributed by atoms with Gasteiger partial charge in [0.15, 0.2) is 0 Å². The summed E-state index contributed by atoms with van der Waals surface area (Å²) in [6.07, 6.45) is 2.18. The van der Waals surface area contributed by atoms with Gasteiger partial charge < -0.3 is 10.1 Å². The molecule has 2 rings (SSSR count). The van der Waals surface area contributed by atoms with E-state index in [-0.39, 0.29) is 11.6 Å². The average molecular weight is 272 g/mol. The third-order valence-corrected chi connectivity index (χ3v) is 4.54. The van der Waals surface area contributed by atoms with Gasteiger partial charge in [-0.25, -0.2) is 4.98 Å². The van der Waals surface area contributed by atoms with Gasteiger partial charge in [0.2, 0.25) is 0 Å². The lowest BCUT2D eigenvalue weighted by atomic mass is 10.1. The Labute approximate surface area is 111 Å². The predicted octanol–water partition coefficient (Wildman–Crippen LogP) is 2.84. The van der Waals surface area contributed by atoms with Crippen molar-refractivity contribution in [2.75, 3.05) is 18.1 Å². The van der Waals surface area contributed by atoms with Crippen LogP contribution in [0.2, 0.25) is 0 Å². The number of nitrogens with zero attached hydrogens (tertiary/aromatic N) is 1. The molecule has 3 nitrogen and oxygen atoms in total. The van der Waals surface area contributed by atoms with Gasteiger partial charge in [-0.2, -0.15) is 11.8 Å². The Morgan fingerprint density at radius 2 is 2.35 bits per heavy atom. The van der Waals surface area contributed by atoms with Crippen LogP contribution in [0.5, 0.6) is 0 Å². The van der Waals surface area contributed by atoms with E-state index in [2.05, 4.69) is 31.1 Å². The number of ether oxygens (including phenoxy) is 1. The molecule has 0 spiro atoms. The Bertz CT molecular complexity index is 354. The van der Waals surface area contributed by atoms with Crippen molar-refractivity contribution in [1.82, 2.24) is 10.3 Å². The van der Waals surface area contributed by atoms with Gasteiger partial charge in [-0.15, -0.1) is 11.3 Å². The van der Waals surface area contributed by atoms with Gasteiger partial charge in [0.1, 0.15) is 11.1 Å². The maximum Gasteiger partial charge on any atom is 0.123 e. The number of hydrogen-bond donors (Lipinski definition) is 1. The number of thiazole rings is 1. The lowest BCUT2D eigenvalue weighted by Gasteiger charge is -2.20. The highest BCUT2D eigenvalue weighted by molar-refractivity contribution is 7.99. The van der Waals surface area contributed by atoms with Crippen LogP contribution in [0, 0.1) is 0 Å². The highest BCUT2D eigenvalue weighted by atomic mass is 32.2. The fourth-order valence-corrected chi connectivity index (χ4v) is 3.40. The van der Waals surface area contributed by atoms with Crippen molar-refractivity contribution < 1.29 is 4.74 Å².